The van der Waals surface area contributed by atoms with Crippen molar-refractivity contribution in [2.75, 3.05) is 18.0 Å². The summed E-state index contributed by atoms with van der Waals surface area (Å²) in [6.45, 7) is 5.86. The van der Waals surface area contributed by atoms with Crippen LogP contribution in [0.15, 0.2) is 36.8 Å². The van der Waals surface area contributed by atoms with Gasteiger partial charge in [-0.3, -0.25) is 0 Å². The Labute approximate surface area is 120 Å². The summed E-state index contributed by atoms with van der Waals surface area (Å²) >= 11 is 0. The fourth-order valence-electron chi connectivity index (χ4n) is 3.14. The maximum Gasteiger partial charge on any atom is 0.0948 e. The fraction of sp³-hybridized carbons (Fsp3) is 0.438. The molecule has 0 amide bonds. The summed E-state index contributed by atoms with van der Waals surface area (Å²) in [6, 6.07) is 8.71. The van der Waals surface area contributed by atoms with Gasteiger partial charge in [0.25, 0.3) is 0 Å². The molecule has 2 aromatic rings. The van der Waals surface area contributed by atoms with E-state index in [1.165, 1.54) is 16.9 Å². The van der Waals surface area contributed by atoms with E-state index in [0.717, 1.165) is 32.6 Å². The third-order valence-corrected chi connectivity index (χ3v) is 4.17. The van der Waals surface area contributed by atoms with Crippen molar-refractivity contribution in [3.8, 4) is 0 Å². The molecule has 4 heteroatoms. The van der Waals surface area contributed by atoms with Crippen LogP contribution in [0.2, 0.25) is 0 Å². The highest BCUT2D eigenvalue weighted by Gasteiger charge is 2.27. The topological polar surface area (TPSA) is 47.1 Å². The molecule has 1 atom stereocenters. The van der Waals surface area contributed by atoms with Crippen LogP contribution in [0.1, 0.15) is 30.5 Å². The minimum atomic E-state index is 0.564. The zero-order chi connectivity index (χ0) is 13.9. The Morgan fingerprint density at radius 1 is 1.35 bits per heavy atom. The van der Waals surface area contributed by atoms with Gasteiger partial charge in [0.05, 0.1) is 18.6 Å². The minimum absolute atomic E-state index is 0.564. The zero-order valence-corrected chi connectivity index (χ0v) is 12.0. The van der Waals surface area contributed by atoms with E-state index in [9.17, 15) is 0 Å². The van der Waals surface area contributed by atoms with Crippen molar-refractivity contribution in [3.05, 3.63) is 48.0 Å². The number of benzene rings is 1. The Morgan fingerprint density at radius 3 is 3.00 bits per heavy atom. The number of para-hydroxylation sites is 1. The number of hydrogen-bond donors (Lipinski definition) is 1. The highest BCUT2D eigenvalue weighted by Crippen LogP contribution is 2.38. The second kappa shape index (κ2) is 5.67. The van der Waals surface area contributed by atoms with Crippen LogP contribution < -0.4 is 10.6 Å². The second-order valence-electron chi connectivity index (χ2n) is 5.38. The predicted octanol–water partition coefficient (Wildman–Crippen LogP) is 2.36. The molecule has 0 fully saturated rings. The van der Waals surface area contributed by atoms with Crippen LogP contribution in [0.5, 0.6) is 0 Å². The van der Waals surface area contributed by atoms with Gasteiger partial charge in [-0.15, -0.1) is 0 Å². The number of nitrogens with two attached hydrogens (primary N) is 1. The van der Waals surface area contributed by atoms with Gasteiger partial charge in [-0.1, -0.05) is 18.2 Å². The van der Waals surface area contributed by atoms with Crippen LogP contribution in [0.25, 0.3) is 0 Å². The lowest BCUT2D eigenvalue weighted by Crippen LogP contribution is -2.23. The third kappa shape index (κ3) is 2.31. The lowest BCUT2D eigenvalue weighted by Gasteiger charge is -2.20. The summed E-state index contributed by atoms with van der Waals surface area (Å²) in [7, 11) is 0. The number of aryl methyl sites for hydroxylation is 1. The van der Waals surface area contributed by atoms with Crippen molar-refractivity contribution in [2.45, 2.75) is 32.4 Å². The Morgan fingerprint density at radius 2 is 2.20 bits per heavy atom. The Kier molecular flexibility index (Phi) is 3.74. The van der Waals surface area contributed by atoms with Gasteiger partial charge in [0, 0.05) is 30.9 Å². The SMILES string of the molecule is CCn1cncc1CN1CC(CCN)c2ccccc21. The van der Waals surface area contributed by atoms with E-state index in [2.05, 4.69) is 45.6 Å². The first-order valence-electron chi connectivity index (χ1n) is 7.36. The molecule has 1 aromatic heterocycles. The van der Waals surface area contributed by atoms with Crippen LogP contribution in [-0.2, 0) is 13.1 Å². The summed E-state index contributed by atoms with van der Waals surface area (Å²) in [6.07, 6.45) is 4.94. The second-order valence-corrected chi connectivity index (χ2v) is 5.38. The van der Waals surface area contributed by atoms with Crippen molar-refractivity contribution >= 4 is 5.69 Å². The van der Waals surface area contributed by atoms with Gasteiger partial charge >= 0.3 is 0 Å². The molecule has 1 aliphatic heterocycles. The van der Waals surface area contributed by atoms with Crippen LogP contribution in [0.3, 0.4) is 0 Å². The summed E-state index contributed by atoms with van der Waals surface area (Å²) in [5.74, 6) is 0.564. The number of fused-ring (bicyclic) bond motifs is 1. The smallest absolute Gasteiger partial charge is 0.0948 e. The fourth-order valence-corrected chi connectivity index (χ4v) is 3.14. The standard InChI is InChI=1S/C16H22N4/c1-2-19-12-18-9-14(19)11-20-10-13(7-8-17)15-5-3-4-6-16(15)20/h3-6,9,12-13H,2,7-8,10-11,17H2,1H3. The lowest BCUT2D eigenvalue weighted by atomic mass is 9.98. The van der Waals surface area contributed by atoms with E-state index >= 15 is 0 Å². The van der Waals surface area contributed by atoms with Gasteiger partial charge in [0.1, 0.15) is 0 Å². The van der Waals surface area contributed by atoms with Crippen LogP contribution in [0.4, 0.5) is 5.69 Å². The first kappa shape index (κ1) is 13.2. The van der Waals surface area contributed by atoms with Crippen molar-refractivity contribution in [3.63, 3.8) is 0 Å². The zero-order valence-electron chi connectivity index (χ0n) is 12.0. The number of imidazole rings is 1. The monoisotopic (exact) mass is 270 g/mol. The normalized spacial score (nSPS) is 17.5. The highest BCUT2D eigenvalue weighted by atomic mass is 15.2. The lowest BCUT2D eigenvalue weighted by molar-refractivity contribution is 0.628. The average molecular weight is 270 g/mol. The molecule has 4 nitrogen and oxygen atoms in total. The molecule has 1 unspecified atom stereocenters. The molecule has 0 bridgehead atoms. The van der Waals surface area contributed by atoms with E-state index in [0.29, 0.717) is 5.92 Å². The number of anilines is 1. The van der Waals surface area contributed by atoms with Gasteiger partial charge in [-0.05, 0) is 31.5 Å². The molecule has 2 N–H and O–H groups in total. The van der Waals surface area contributed by atoms with E-state index in [1.807, 2.05) is 12.5 Å². The average Bonchev–Trinajstić information content (AvgIpc) is 3.06. The predicted molar refractivity (Wildman–Crippen MR) is 81.8 cm³/mol. The molecule has 1 aromatic carbocycles. The third-order valence-electron chi connectivity index (χ3n) is 4.17. The highest BCUT2D eigenvalue weighted by molar-refractivity contribution is 5.60. The molecular weight excluding hydrogens is 248 g/mol. The number of aromatic nitrogens is 2. The molecule has 3 rings (SSSR count). The first-order valence-corrected chi connectivity index (χ1v) is 7.36. The van der Waals surface area contributed by atoms with Gasteiger partial charge < -0.3 is 15.2 Å². The Balaban J connectivity index is 1.85. The summed E-state index contributed by atoms with van der Waals surface area (Å²) in [5, 5.41) is 0. The molecule has 2 heterocycles. The van der Waals surface area contributed by atoms with Crippen LogP contribution in [-0.4, -0.2) is 22.6 Å². The van der Waals surface area contributed by atoms with E-state index in [1.54, 1.807) is 0 Å². The maximum atomic E-state index is 5.76. The molecular formula is C16H22N4. The van der Waals surface area contributed by atoms with E-state index in [-0.39, 0.29) is 0 Å². The van der Waals surface area contributed by atoms with Crippen molar-refractivity contribution < 1.29 is 0 Å². The Hall–Kier alpha value is -1.81. The van der Waals surface area contributed by atoms with Gasteiger partial charge in [0.2, 0.25) is 0 Å². The van der Waals surface area contributed by atoms with Gasteiger partial charge in [-0.2, -0.15) is 0 Å². The van der Waals surface area contributed by atoms with Crippen molar-refractivity contribution in [1.82, 2.24) is 9.55 Å². The molecule has 0 saturated heterocycles. The molecule has 0 radical (unpaired) electrons. The largest absolute Gasteiger partial charge is 0.365 e. The summed E-state index contributed by atoms with van der Waals surface area (Å²) in [5.41, 5.74) is 9.83. The molecule has 106 valence electrons. The quantitative estimate of drug-likeness (QED) is 0.907. The van der Waals surface area contributed by atoms with Crippen LogP contribution >= 0.6 is 0 Å². The van der Waals surface area contributed by atoms with Crippen molar-refractivity contribution in [1.29, 1.82) is 0 Å². The molecule has 1 aliphatic rings. The van der Waals surface area contributed by atoms with Gasteiger partial charge in [-0.25, -0.2) is 4.98 Å². The van der Waals surface area contributed by atoms with Gasteiger partial charge in [0.15, 0.2) is 0 Å². The minimum Gasteiger partial charge on any atom is -0.365 e. The van der Waals surface area contributed by atoms with Crippen LogP contribution in [0, 0.1) is 0 Å². The number of nitrogens with zero attached hydrogens (tertiary/aromatic N) is 3. The summed E-state index contributed by atoms with van der Waals surface area (Å²) in [4.78, 5) is 6.72. The van der Waals surface area contributed by atoms with E-state index in [4.69, 9.17) is 5.73 Å². The first-order chi connectivity index (χ1) is 9.83. The maximum absolute atomic E-state index is 5.76. The number of rotatable bonds is 5. The number of hydrogen-bond acceptors (Lipinski definition) is 3. The Bertz CT molecular complexity index is 575. The molecule has 20 heavy (non-hydrogen) atoms. The molecule has 0 saturated carbocycles. The van der Waals surface area contributed by atoms with E-state index < -0.39 is 0 Å². The molecule has 0 spiro atoms. The molecule has 0 aliphatic carbocycles. The summed E-state index contributed by atoms with van der Waals surface area (Å²) < 4.78 is 2.21. The van der Waals surface area contributed by atoms with Crippen molar-refractivity contribution in [2.24, 2.45) is 5.73 Å².